The van der Waals surface area contributed by atoms with E-state index in [1.54, 1.807) is 4.90 Å². The van der Waals surface area contributed by atoms with Crippen LogP contribution >= 0.6 is 0 Å². The van der Waals surface area contributed by atoms with Crippen molar-refractivity contribution < 1.29 is 18.7 Å². The van der Waals surface area contributed by atoms with Crippen molar-refractivity contribution >= 4 is 5.91 Å². The van der Waals surface area contributed by atoms with Gasteiger partial charge in [-0.15, -0.1) is 0 Å². The first kappa shape index (κ1) is 18.2. The highest BCUT2D eigenvalue weighted by atomic mass is 16.7. The number of carbonyl (C=O) groups excluding carboxylic acids is 1. The average Bonchev–Trinajstić information content (AvgIpc) is 3.34. The van der Waals surface area contributed by atoms with Crippen molar-refractivity contribution in [1.82, 2.24) is 4.90 Å². The summed E-state index contributed by atoms with van der Waals surface area (Å²) in [6.07, 6.45) is 0.361. The molecule has 1 aliphatic rings. The van der Waals surface area contributed by atoms with Crippen LogP contribution in [0, 0.1) is 6.92 Å². The number of carbonyl (C=O) groups is 1. The molecule has 1 aliphatic heterocycles. The third-order valence-corrected chi connectivity index (χ3v) is 4.99. The van der Waals surface area contributed by atoms with E-state index >= 15 is 0 Å². The lowest BCUT2D eigenvalue weighted by Crippen LogP contribution is -2.27. The van der Waals surface area contributed by atoms with Crippen LogP contribution in [0.4, 0.5) is 0 Å². The van der Waals surface area contributed by atoms with Crippen LogP contribution in [0.1, 0.15) is 35.0 Å². The molecule has 2 aromatic carbocycles. The van der Waals surface area contributed by atoms with E-state index in [2.05, 4.69) is 12.1 Å². The minimum absolute atomic E-state index is 0.0561. The SMILES string of the molecule is Cc1ccc(CN(C)C(=O)CC(c2ccccc2)c2ccc3c(c2)OCO3)o1. The van der Waals surface area contributed by atoms with Gasteiger partial charge in [-0.3, -0.25) is 4.79 Å². The standard InChI is InChI=1S/C23H23NO4/c1-16-8-10-19(28-16)14-24(2)23(25)13-20(17-6-4-3-5-7-17)18-9-11-21-22(12-18)27-15-26-21/h3-12,20H,13-15H2,1-2H3. The Morgan fingerprint density at radius 1 is 1.00 bits per heavy atom. The molecule has 1 atom stereocenters. The third kappa shape index (κ3) is 3.88. The molecule has 28 heavy (non-hydrogen) atoms. The van der Waals surface area contributed by atoms with E-state index in [9.17, 15) is 4.79 Å². The zero-order valence-electron chi connectivity index (χ0n) is 16.1. The topological polar surface area (TPSA) is 51.9 Å². The molecular formula is C23H23NO4. The molecule has 5 nitrogen and oxygen atoms in total. The molecule has 1 aromatic heterocycles. The summed E-state index contributed by atoms with van der Waals surface area (Å²) in [6.45, 7) is 2.59. The minimum atomic E-state index is -0.0658. The van der Waals surface area contributed by atoms with Crippen LogP contribution in [0.25, 0.3) is 0 Å². The maximum absolute atomic E-state index is 13.0. The number of nitrogens with zero attached hydrogens (tertiary/aromatic N) is 1. The predicted molar refractivity (Wildman–Crippen MR) is 105 cm³/mol. The number of benzene rings is 2. The fraction of sp³-hybridized carbons (Fsp3) is 0.261. The summed E-state index contributed by atoms with van der Waals surface area (Å²) in [5.74, 6) is 3.09. The minimum Gasteiger partial charge on any atom is -0.464 e. The molecule has 5 heteroatoms. The monoisotopic (exact) mass is 377 g/mol. The normalized spacial score (nSPS) is 13.4. The van der Waals surface area contributed by atoms with Gasteiger partial charge >= 0.3 is 0 Å². The van der Waals surface area contributed by atoms with E-state index < -0.39 is 0 Å². The summed E-state index contributed by atoms with van der Waals surface area (Å²) < 4.78 is 16.6. The largest absolute Gasteiger partial charge is 0.464 e. The molecule has 1 unspecified atom stereocenters. The van der Waals surface area contributed by atoms with Crippen molar-refractivity contribution in [3.63, 3.8) is 0 Å². The maximum atomic E-state index is 13.0. The van der Waals surface area contributed by atoms with Crippen molar-refractivity contribution in [1.29, 1.82) is 0 Å². The molecule has 0 saturated carbocycles. The summed E-state index contributed by atoms with van der Waals surface area (Å²) in [5.41, 5.74) is 2.13. The fourth-order valence-electron chi connectivity index (χ4n) is 3.47. The summed E-state index contributed by atoms with van der Waals surface area (Å²) in [7, 11) is 1.81. The van der Waals surface area contributed by atoms with Crippen LogP contribution < -0.4 is 9.47 Å². The number of hydrogen-bond acceptors (Lipinski definition) is 4. The highest BCUT2D eigenvalue weighted by Gasteiger charge is 2.23. The van der Waals surface area contributed by atoms with Gasteiger partial charge < -0.3 is 18.8 Å². The Kier molecular flexibility index (Phi) is 5.06. The van der Waals surface area contributed by atoms with Crippen molar-refractivity contribution in [2.45, 2.75) is 25.8 Å². The Morgan fingerprint density at radius 2 is 1.79 bits per heavy atom. The van der Waals surface area contributed by atoms with Crippen LogP contribution in [0.15, 0.2) is 65.1 Å². The zero-order chi connectivity index (χ0) is 19.5. The van der Waals surface area contributed by atoms with Crippen LogP contribution in [0.5, 0.6) is 11.5 Å². The number of furan rings is 1. The summed E-state index contributed by atoms with van der Waals surface area (Å²) in [5, 5.41) is 0. The van der Waals surface area contributed by atoms with Gasteiger partial charge in [-0.2, -0.15) is 0 Å². The van der Waals surface area contributed by atoms with Crippen LogP contribution in [0.3, 0.4) is 0 Å². The van der Waals surface area contributed by atoms with Gasteiger partial charge in [-0.25, -0.2) is 0 Å². The molecule has 0 N–H and O–H groups in total. The quantitative estimate of drug-likeness (QED) is 0.635. The smallest absolute Gasteiger partial charge is 0.231 e. The summed E-state index contributed by atoms with van der Waals surface area (Å²) in [6, 6.07) is 19.8. The highest BCUT2D eigenvalue weighted by Crippen LogP contribution is 2.37. The summed E-state index contributed by atoms with van der Waals surface area (Å²) >= 11 is 0. The Balaban J connectivity index is 1.56. The van der Waals surface area contributed by atoms with Gasteiger partial charge in [0.15, 0.2) is 11.5 Å². The van der Waals surface area contributed by atoms with Gasteiger partial charge in [-0.1, -0.05) is 36.4 Å². The second kappa shape index (κ2) is 7.80. The van der Waals surface area contributed by atoms with Crippen molar-refractivity contribution in [2.75, 3.05) is 13.8 Å². The van der Waals surface area contributed by atoms with Crippen molar-refractivity contribution in [3.8, 4) is 11.5 Å². The molecule has 0 spiro atoms. The van der Waals surface area contributed by atoms with Crippen LogP contribution in [-0.4, -0.2) is 24.6 Å². The zero-order valence-corrected chi connectivity index (χ0v) is 16.1. The molecule has 1 amide bonds. The van der Waals surface area contributed by atoms with Gasteiger partial charge in [0.05, 0.1) is 6.54 Å². The Morgan fingerprint density at radius 3 is 2.54 bits per heavy atom. The molecule has 0 bridgehead atoms. The van der Waals surface area contributed by atoms with Gasteiger partial charge in [0.25, 0.3) is 0 Å². The number of amides is 1. The third-order valence-electron chi connectivity index (χ3n) is 4.99. The molecule has 0 radical (unpaired) electrons. The number of ether oxygens (including phenoxy) is 2. The number of aryl methyl sites for hydroxylation is 1. The lowest BCUT2D eigenvalue weighted by atomic mass is 9.88. The van der Waals surface area contributed by atoms with E-state index in [0.29, 0.717) is 13.0 Å². The first-order valence-corrected chi connectivity index (χ1v) is 9.34. The van der Waals surface area contributed by atoms with E-state index in [1.807, 2.05) is 62.5 Å². The van der Waals surface area contributed by atoms with Gasteiger partial charge in [0, 0.05) is 19.4 Å². The van der Waals surface area contributed by atoms with Crippen molar-refractivity contribution in [3.05, 3.63) is 83.3 Å². The second-order valence-corrected chi connectivity index (χ2v) is 7.04. The van der Waals surface area contributed by atoms with Gasteiger partial charge in [-0.05, 0) is 42.3 Å². The number of fused-ring (bicyclic) bond motifs is 1. The fourth-order valence-corrected chi connectivity index (χ4v) is 3.47. The van der Waals surface area contributed by atoms with E-state index in [-0.39, 0.29) is 18.6 Å². The van der Waals surface area contributed by atoms with E-state index in [4.69, 9.17) is 13.9 Å². The number of hydrogen-bond donors (Lipinski definition) is 0. The first-order chi connectivity index (χ1) is 13.6. The van der Waals surface area contributed by atoms with Gasteiger partial charge in [0.1, 0.15) is 11.5 Å². The van der Waals surface area contributed by atoms with Crippen LogP contribution in [-0.2, 0) is 11.3 Å². The van der Waals surface area contributed by atoms with Crippen LogP contribution in [0.2, 0.25) is 0 Å². The highest BCUT2D eigenvalue weighted by molar-refractivity contribution is 5.77. The Labute approximate surface area is 164 Å². The molecule has 0 aliphatic carbocycles. The lowest BCUT2D eigenvalue weighted by Gasteiger charge is -2.22. The molecule has 0 fully saturated rings. The average molecular weight is 377 g/mol. The van der Waals surface area contributed by atoms with Crippen molar-refractivity contribution in [2.24, 2.45) is 0 Å². The number of rotatable bonds is 6. The molecule has 0 saturated heterocycles. The second-order valence-electron chi connectivity index (χ2n) is 7.04. The predicted octanol–water partition coefficient (Wildman–Crippen LogP) is 4.50. The molecule has 3 aromatic rings. The van der Waals surface area contributed by atoms with E-state index in [0.717, 1.165) is 34.1 Å². The maximum Gasteiger partial charge on any atom is 0.231 e. The molecular weight excluding hydrogens is 354 g/mol. The molecule has 144 valence electrons. The molecule has 4 rings (SSSR count). The Bertz CT molecular complexity index is 964. The Hall–Kier alpha value is -3.21. The van der Waals surface area contributed by atoms with E-state index in [1.165, 1.54) is 0 Å². The summed E-state index contributed by atoms with van der Waals surface area (Å²) in [4.78, 5) is 14.7. The first-order valence-electron chi connectivity index (χ1n) is 9.34. The molecule has 2 heterocycles. The lowest BCUT2D eigenvalue weighted by molar-refractivity contribution is -0.130. The van der Waals surface area contributed by atoms with Gasteiger partial charge in [0.2, 0.25) is 12.7 Å².